The van der Waals surface area contributed by atoms with Gasteiger partial charge in [-0.15, -0.1) is 6.42 Å². The number of rotatable bonds is 9. The van der Waals surface area contributed by atoms with Gasteiger partial charge in [0.25, 0.3) is 5.91 Å². The molecule has 2 atom stereocenters. The van der Waals surface area contributed by atoms with E-state index in [4.69, 9.17) is 11.2 Å². The second kappa shape index (κ2) is 13.2. The molecule has 0 aliphatic heterocycles. The standard InChI is InChI=1S/C29H37N3O4S/c1-8-17-32(27(34)23(18-37)30-28(35)36-29(5,6)7)25(22-15-13-21(9-2)14-16-22)26(33)31-24-19(3)11-10-12-20(24)4/h2,10-16,23,25,37H,8,17-18H2,1,3-7H3,(H,30,35)(H,31,33). The Morgan fingerprint density at radius 1 is 1.08 bits per heavy atom. The third kappa shape index (κ3) is 8.29. The Balaban J connectivity index is 2.50. The van der Waals surface area contributed by atoms with Crippen molar-refractivity contribution in [1.82, 2.24) is 10.2 Å². The summed E-state index contributed by atoms with van der Waals surface area (Å²) in [5, 5.41) is 5.63. The maximum absolute atomic E-state index is 13.8. The van der Waals surface area contributed by atoms with E-state index in [9.17, 15) is 14.4 Å². The molecule has 2 N–H and O–H groups in total. The number of aryl methyl sites for hydroxylation is 2. The minimum atomic E-state index is -0.995. The molecule has 0 saturated carbocycles. The van der Waals surface area contributed by atoms with Gasteiger partial charge in [0, 0.05) is 23.5 Å². The average Bonchev–Trinajstić information content (AvgIpc) is 2.83. The SMILES string of the molecule is C#Cc1ccc(C(C(=O)Nc2c(C)cccc2C)N(CCC)C(=O)C(CS)NC(=O)OC(C)(C)C)cc1. The number of hydrogen-bond acceptors (Lipinski definition) is 5. The molecule has 37 heavy (non-hydrogen) atoms. The van der Waals surface area contributed by atoms with Crippen LogP contribution >= 0.6 is 12.6 Å². The maximum Gasteiger partial charge on any atom is 0.408 e. The van der Waals surface area contributed by atoms with Gasteiger partial charge in [-0.3, -0.25) is 9.59 Å². The van der Waals surface area contributed by atoms with Crippen LogP contribution < -0.4 is 10.6 Å². The summed E-state index contributed by atoms with van der Waals surface area (Å²) in [5.41, 5.74) is 3.03. The number of alkyl carbamates (subject to hydrolysis) is 1. The molecule has 0 bridgehead atoms. The highest BCUT2D eigenvalue weighted by Gasteiger charge is 2.35. The molecule has 7 nitrogen and oxygen atoms in total. The lowest BCUT2D eigenvalue weighted by Gasteiger charge is -2.34. The largest absolute Gasteiger partial charge is 0.444 e. The van der Waals surface area contributed by atoms with E-state index in [1.807, 2.05) is 39.0 Å². The normalized spacial score (nSPS) is 12.6. The van der Waals surface area contributed by atoms with Crippen molar-refractivity contribution < 1.29 is 19.1 Å². The van der Waals surface area contributed by atoms with Crippen LogP contribution in [-0.4, -0.2) is 46.7 Å². The van der Waals surface area contributed by atoms with Gasteiger partial charge in [0.1, 0.15) is 17.7 Å². The molecule has 2 aromatic rings. The van der Waals surface area contributed by atoms with Gasteiger partial charge in [-0.05, 0) is 69.9 Å². The zero-order valence-electron chi connectivity index (χ0n) is 22.4. The Labute approximate surface area is 225 Å². The van der Waals surface area contributed by atoms with Gasteiger partial charge in [0.2, 0.25) is 5.91 Å². The summed E-state index contributed by atoms with van der Waals surface area (Å²) in [6.07, 6.45) is 5.38. The van der Waals surface area contributed by atoms with Gasteiger partial charge in [-0.25, -0.2) is 4.79 Å². The van der Waals surface area contributed by atoms with Crippen molar-refractivity contribution in [2.45, 2.75) is 65.6 Å². The quantitative estimate of drug-likeness (QED) is 0.318. The highest BCUT2D eigenvalue weighted by Crippen LogP contribution is 2.27. The number of ether oxygens (including phenoxy) is 1. The van der Waals surface area contributed by atoms with Crippen molar-refractivity contribution >= 4 is 36.2 Å². The van der Waals surface area contributed by atoms with Crippen LogP contribution in [0.3, 0.4) is 0 Å². The third-order valence-corrected chi connectivity index (χ3v) is 5.97. The van der Waals surface area contributed by atoms with Gasteiger partial charge < -0.3 is 20.3 Å². The first-order valence-corrected chi connectivity index (χ1v) is 12.9. The molecule has 0 aliphatic rings. The summed E-state index contributed by atoms with van der Waals surface area (Å²) in [6.45, 7) is 11.2. The fourth-order valence-electron chi connectivity index (χ4n) is 3.88. The fourth-order valence-corrected chi connectivity index (χ4v) is 4.13. The van der Waals surface area contributed by atoms with Crippen molar-refractivity contribution in [3.8, 4) is 12.3 Å². The number of anilines is 1. The lowest BCUT2D eigenvalue weighted by atomic mass is 10.0. The summed E-state index contributed by atoms with van der Waals surface area (Å²) in [4.78, 5) is 41.5. The minimum Gasteiger partial charge on any atom is -0.444 e. The van der Waals surface area contributed by atoms with E-state index in [1.165, 1.54) is 4.90 Å². The number of hydrogen-bond donors (Lipinski definition) is 3. The van der Waals surface area contributed by atoms with Crippen LogP contribution in [0.15, 0.2) is 42.5 Å². The lowest BCUT2D eigenvalue weighted by Crippen LogP contribution is -2.53. The van der Waals surface area contributed by atoms with Gasteiger partial charge >= 0.3 is 6.09 Å². The molecule has 0 radical (unpaired) electrons. The summed E-state index contributed by atoms with van der Waals surface area (Å²) in [5.74, 6) is 1.78. The predicted octanol–water partition coefficient (Wildman–Crippen LogP) is 5.03. The van der Waals surface area contributed by atoms with Crippen molar-refractivity contribution in [1.29, 1.82) is 0 Å². The molecule has 0 spiro atoms. The van der Waals surface area contributed by atoms with E-state index in [0.29, 0.717) is 23.2 Å². The van der Waals surface area contributed by atoms with Gasteiger partial charge in [0.05, 0.1) is 0 Å². The lowest BCUT2D eigenvalue weighted by molar-refractivity contribution is -0.140. The molecule has 0 fully saturated rings. The molecular weight excluding hydrogens is 486 g/mol. The zero-order valence-corrected chi connectivity index (χ0v) is 23.3. The predicted molar refractivity (Wildman–Crippen MR) is 151 cm³/mol. The maximum atomic E-state index is 13.8. The van der Waals surface area contributed by atoms with Crippen LogP contribution in [0.2, 0.25) is 0 Å². The molecule has 0 saturated heterocycles. The first kappa shape index (κ1) is 29.8. The number of thiol groups is 1. The van der Waals surface area contributed by atoms with Crippen LogP contribution in [0.5, 0.6) is 0 Å². The van der Waals surface area contributed by atoms with Crippen molar-refractivity contribution in [2.24, 2.45) is 0 Å². The average molecular weight is 524 g/mol. The number of nitrogens with zero attached hydrogens (tertiary/aromatic N) is 1. The van der Waals surface area contributed by atoms with E-state index >= 15 is 0 Å². The summed E-state index contributed by atoms with van der Waals surface area (Å²) < 4.78 is 5.33. The smallest absolute Gasteiger partial charge is 0.408 e. The molecule has 0 aliphatic carbocycles. The number of terminal acetylenes is 1. The summed E-state index contributed by atoms with van der Waals surface area (Å²) >= 11 is 4.30. The van der Waals surface area contributed by atoms with E-state index in [0.717, 1.165) is 11.1 Å². The number of nitrogens with one attached hydrogen (secondary N) is 2. The Morgan fingerprint density at radius 2 is 1.68 bits per heavy atom. The highest BCUT2D eigenvalue weighted by atomic mass is 32.1. The topological polar surface area (TPSA) is 87.7 Å². The fraction of sp³-hybridized carbons (Fsp3) is 0.414. The Hall–Kier alpha value is -3.44. The molecule has 2 aromatic carbocycles. The summed E-state index contributed by atoms with van der Waals surface area (Å²) in [7, 11) is 0. The second-order valence-electron chi connectivity index (χ2n) is 9.84. The Morgan fingerprint density at radius 3 is 2.16 bits per heavy atom. The van der Waals surface area contributed by atoms with Crippen LogP contribution in [-0.2, 0) is 14.3 Å². The van der Waals surface area contributed by atoms with Crippen LogP contribution in [0.4, 0.5) is 10.5 Å². The molecule has 0 heterocycles. The highest BCUT2D eigenvalue weighted by molar-refractivity contribution is 7.80. The third-order valence-electron chi connectivity index (χ3n) is 5.60. The summed E-state index contributed by atoms with van der Waals surface area (Å²) in [6, 6.07) is 10.7. The molecule has 2 rings (SSSR count). The van der Waals surface area contributed by atoms with Gasteiger partial charge in [0.15, 0.2) is 0 Å². The second-order valence-corrected chi connectivity index (χ2v) is 10.2. The first-order chi connectivity index (χ1) is 17.4. The first-order valence-electron chi connectivity index (χ1n) is 12.3. The van der Waals surface area contributed by atoms with Crippen LogP contribution in [0, 0.1) is 26.2 Å². The molecule has 3 amide bonds. The Kier molecular flexibility index (Phi) is 10.6. The monoisotopic (exact) mass is 523 g/mol. The number of carbonyl (C=O) groups excluding carboxylic acids is 3. The van der Waals surface area contributed by atoms with E-state index in [1.54, 1.807) is 45.0 Å². The van der Waals surface area contributed by atoms with Crippen molar-refractivity contribution in [2.75, 3.05) is 17.6 Å². The van der Waals surface area contributed by atoms with E-state index in [-0.39, 0.29) is 18.2 Å². The molecular formula is C29H37N3O4S. The zero-order chi connectivity index (χ0) is 27.8. The molecule has 198 valence electrons. The molecule has 0 aromatic heterocycles. The number of para-hydroxylation sites is 1. The minimum absolute atomic E-state index is 0.0273. The van der Waals surface area contributed by atoms with Crippen molar-refractivity contribution in [3.63, 3.8) is 0 Å². The van der Waals surface area contributed by atoms with Gasteiger partial charge in [-0.2, -0.15) is 12.6 Å². The molecule has 8 heteroatoms. The van der Waals surface area contributed by atoms with E-state index < -0.39 is 29.7 Å². The van der Waals surface area contributed by atoms with Gasteiger partial charge in [-0.1, -0.05) is 43.2 Å². The number of benzene rings is 2. The molecule has 2 unspecified atom stereocenters. The van der Waals surface area contributed by atoms with Crippen LogP contribution in [0.1, 0.15) is 62.4 Å². The van der Waals surface area contributed by atoms with E-state index in [2.05, 4.69) is 29.2 Å². The number of amides is 3. The van der Waals surface area contributed by atoms with Crippen LogP contribution in [0.25, 0.3) is 0 Å². The van der Waals surface area contributed by atoms with Crippen molar-refractivity contribution in [3.05, 3.63) is 64.7 Å². The Bertz CT molecular complexity index is 1130. The number of carbonyl (C=O) groups is 3.